The predicted octanol–water partition coefficient (Wildman–Crippen LogP) is 3.89. The van der Waals surface area contributed by atoms with Crippen molar-refractivity contribution in [3.63, 3.8) is 0 Å². The summed E-state index contributed by atoms with van der Waals surface area (Å²) in [5.41, 5.74) is 1.16. The molecule has 1 aliphatic heterocycles. The fourth-order valence-electron chi connectivity index (χ4n) is 3.45. The molecular weight excluding hydrogens is 348 g/mol. The van der Waals surface area contributed by atoms with E-state index in [1.807, 2.05) is 34.7 Å². The molecule has 3 rings (SSSR count). The van der Waals surface area contributed by atoms with Crippen molar-refractivity contribution in [1.29, 1.82) is 0 Å². The molecule has 6 heteroatoms. The first-order valence-electron chi connectivity index (χ1n) is 9.09. The highest BCUT2D eigenvalue weighted by Crippen LogP contribution is 2.30. The van der Waals surface area contributed by atoms with Gasteiger partial charge in [-0.2, -0.15) is 0 Å². The lowest BCUT2D eigenvalue weighted by Gasteiger charge is -2.31. The molecule has 0 radical (unpaired) electrons. The van der Waals surface area contributed by atoms with Gasteiger partial charge < -0.3 is 14.4 Å². The van der Waals surface area contributed by atoms with Crippen LogP contribution in [0.3, 0.4) is 0 Å². The Bertz CT molecular complexity index is 710. The van der Waals surface area contributed by atoms with Crippen LogP contribution in [0.25, 0.3) is 0 Å². The highest BCUT2D eigenvalue weighted by molar-refractivity contribution is 7.09. The van der Waals surface area contributed by atoms with Crippen LogP contribution in [-0.2, 0) is 11.2 Å². The average Bonchev–Trinajstić information content (AvgIpc) is 3.22. The molecule has 140 valence electrons. The van der Waals surface area contributed by atoms with Gasteiger partial charge >= 0.3 is 0 Å². The number of aryl methyl sites for hydroxylation is 1. The number of piperidine rings is 1. The molecule has 5 nitrogen and oxygen atoms in total. The van der Waals surface area contributed by atoms with Crippen LogP contribution in [0, 0.1) is 0 Å². The van der Waals surface area contributed by atoms with Crippen LogP contribution in [0.2, 0.25) is 0 Å². The number of likely N-dealkylation sites (tertiary alicyclic amines) is 1. The van der Waals surface area contributed by atoms with Crippen molar-refractivity contribution in [2.75, 3.05) is 27.3 Å². The van der Waals surface area contributed by atoms with Crippen molar-refractivity contribution in [2.24, 2.45) is 0 Å². The Labute approximate surface area is 159 Å². The Morgan fingerprint density at radius 1 is 1.23 bits per heavy atom. The van der Waals surface area contributed by atoms with Crippen LogP contribution in [0.4, 0.5) is 0 Å². The molecule has 0 saturated carbocycles. The van der Waals surface area contributed by atoms with Gasteiger partial charge in [-0.15, -0.1) is 11.3 Å². The van der Waals surface area contributed by atoms with Crippen molar-refractivity contribution in [1.82, 2.24) is 9.88 Å². The Kier molecular flexibility index (Phi) is 6.50. The standard InChI is InChI=1S/C20H26N2O3S/c1-24-17-7-6-15(14-18(17)25-2)4-3-5-19(23)22-11-8-16(9-12-22)20-21-10-13-26-20/h6-7,10,13-14,16H,3-5,8-9,11-12H2,1-2H3. The lowest BCUT2D eigenvalue weighted by Crippen LogP contribution is -2.37. The zero-order valence-electron chi connectivity index (χ0n) is 15.4. The number of methoxy groups -OCH3 is 2. The highest BCUT2D eigenvalue weighted by atomic mass is 32.1. The second kappa shape index (κ2) is 9.03. The van der Waals surface area contributed by atoms with Crippen LogP contribution in [0.15, 0.2) is 29.8 Å². The first kappa shape index (κ1) is 18.7. The van der Waals surface area contributed by atoms with Gasteiger partial charge in [0, 0.05) is 37.0 Å². The molecule has 0 spiro atoms. The van der Waals surface area contributed by atoms with E-state index in [1.54, 1.807) is 25.6 Å². The third-order valence-electron chi connectivity index (χ3n) is 4.95. The zero-order chi connectivity index (χ0) is 18.4. The number of benzene rings is 1. The van der Waals surface area contributed by atoms with Gasteiger partial charge in [0.05, 0.1) is 19.2 Å². The molecule has 1 fully saturated rings. The van der Waals surface area contributed by atoms with Gasteiger partial charge in [0.25, 0.3) is 0 Å². The average molecular weight is 375 g/mol. The number of aromatic nitrogens is 1. The van der Waals surface area contributed by atoms with E-state index in [0.29, 0.717) is 12.3 Å². The first-order chi connectivity index (χ1) is 12.7. The second-order valence-corrected chi connectivity index (χ2v) is 7.49. The fraction of sp³-hybridized carbons (Fsp3) is 0.500. The molecular formula is C20H26N2O3S. The molecule has 1 amide bonds. The van der Waals surface area contributed by atoms with E-state index in [4.69, 9.17) is 9.47 Å². The molecule has 26 heavy (non-hydrogen) atoms. The van der Waals surface area contributed by atoms with Gasteiger partial charge in [-0.25, -0.2) is 4.98 Å². The molecule has 0 aliphatic carbocycles. The maximum Gasteiger partial charge on any atom is 0.222 e. The molecule has 1 saturated heterocycles. The smallest absolute Gasteiger partial charge is 0.222 e. The van der Waals surface area contributed by atoms with Gasteiger partial charge in [-0.05, 0) is 43.4 Å². The van der Waals surface area contributed by atoms with E-state index in [2.05, 4.69) is 4.98 Å². The Hall–Kier alpha value is -2.08. The summed E-state index contributed by atoms with van der Waals surface area (Å²) in [4.78, 5) is 18.9. The van der Waals surface area contributed by atoms with Gasteiger partial charge in [-0.1, -0.05) is 6.07 Å². The summed E-state index contributed by atoms with van der Waals surface area (Å²) < 4.78 is 10.6. The number of ether oxygens (including phenoxy) is 2. The third-order valence-corrected chi connectivity index (χ3v) is 5.89. The van der Waals surface area contributed by atoms with Gasteiger partial charge in [0.1, 0.15) is 0 Å². The minimum atomic E-state index is 0.267. The fourth-order valence-corrected chi connectivity index (χ4v) is 4.26. The lowest BCUT2D eigenvalue weighted by molar-refractivity contribution is -0.132. The number of thiazole rings is 1. The van der Waals surface area contributed by atoms with E-state index in [9.17, 15) is 4.79 Å². The molecule has 1 aromatic heterocycles. The minimum Gasteiger partial charge on any atom is -0.493 e. The summed E-state index contributed by atoms with van der Waals surface area (Å²) in [6.45, 7) is 1.69. The molecule has 1 aliphatic rings. The summed E-state index contributed by atoms with van der Waals surface area (Å²) in [7, 11) is 3.27. The predicted molar refractivity (Wildman–Crippen MR) is 103 cm³/mol. The Balaban J connectivity index is 1.43. The van der Waals surface area contributed by atoms with Gasteiger partial charge in [0.2, 0.25) is 5.91 Å². The molecule has 0 unspecified atom stereocenters. The van der Waals surface area contributed by atoms with E-state index < -0.39 is 0 Å². The summed E-state index contributed by atoms with van der Waals surface area (Å²) in [5.74, 6) is 2.25. The lowest BCUT2D eigenvalue weighted by atomic mass is 9.97. The Morgan fingerprint density at radius 3 is 2.65 bits per heavy atom. The molecule has 2 aromatic rings. The SMILES string of the molecule is COc1ccc(CCCC(=O)N2CCC(c3nccs3)CC2)cc1OC. The Morgan fingerprint density at radius 2 is 2.00 bits per heavy atom. The third kappa shape index (κ3) is 4.55. The van der Waals surface area contributed by atoms with Crippen molar-refractivity contribution in [2.45, 2.75) is 38.0 Å². The van der Waals surface area contributed by atoms with Crippen LogP contribution >= 0.6 is 11.3 Å². The van der Waals surface area contributed by atoms with Gasteiger partial charge in [-0.3, -0.25) is 4.79 Å². The number of rotatable bonds is 7. The van der Waals surface area contributed by atoms with Crippen molar-refractivity contribution < 1.29 is 14.3 Å². The van der Waals surface area contributed by atoms with E-state index in [-0.39, 0.29) is 5.91 Å². The van der Waals surface area contributed by atoms with E-state index in [0.717, 1.165) is 55.8 Å². The first-order valence-corrected chi connectivity index (χ1v) is 9.97. The number of hydrogen-bond donors (Lipinski definition) is 0. The van der Waals surface area contributed by atoms with Crippen molar-refractivity contribution in [3.8, 4) is 11.5 Å². The van der Waals surface area contributed by atoms with E-state index in [1.165, 1.54) is 5.01 Å². The maximum atomic E-state index is 12.5. The summed E-state index contributed by atoms with van der Waals surface area (Å²) >= 11 is 1.72. The van der Waals surface area contributed by atoms with Crippen molar-refractivity contribution >= 4 is 17.2 Å². The van der Waals surface area contributed by atoms with Crippen LogP contribution in [0.1, 0.15) is 42.2 Å². The number of hydrogen-bond acceptors (Lipinski definition) is 5. The summed E-state index contributed by atoms with van der Waals surface area (Å²) in [6.07, 6.45) is 6.22. The van der Waals surface area contributed by atoms with Crippen LogP contribution in [-0.4, -0.2) is 43.1 Å². The van der Waals surface area contributed by atoms with Crippen LogP contribution in [0.5, 0.6) is 11.5 Å². The van der Waals surface area contributed by atoms with Gasteiger partial charge in [0.15, 0.2) is 11.5 Å². The van der Waals surface area contributed by atoms with Crippen LogP contribution < -0.4 is 9.47 Å². The van der Waals surface area contributed by atoms with Crippen molar-refractivity contribution in [3.05, 3.63) is 40.3 Å². The molecule has 0 N–H and O–H groups in total. The minimum absolute atomic E-state index is 0.267. The molecule has 0 atom stereocenters. The number of amides is 1. The quantitative estimate of drug-likeness (QED) is 0.738. The highest BCUT2D eigenvalue weighted by Gasteiger charge is 2.24. The summed E-state index contributed by atoms with van der Waals surface area (Å²) in [5, 5.41) is 3.24. The number of carbonyl (C=O) groups excluding carboxylic acids is 1. The second-order valence-electron chi connectivity index (χ2n) is 6.57. The maximum absolute atomic E-state index is 12.5. The number of carbonyl (C=O) groups is 1. The molecule has 0 bridgehead atoms. The number of nitrogens with zero attached hydrogens (tertiary/aromatic N) is 2. The monoisotopic (exact) mass is 374 g/mol. The molecule has 1 aromatic carbocycles. The largest absolute Gasteiger partial charge is 0.493 e. The topological polar surface area (TPSA) is 51.7 Å². The normalized spacial score (nSPS) is 15.1. The zero-order valence-corrected chi connectivity index (χ0v) is 16.3. The molecule has 2 heterocycles. The summed E-state index contributed by atoms with van der Waals surface area (Å²) in [6, 6.07) is 5.94. The van der Waals surface area contributed by atoms with E-state index >= 15 is 0 Å².